The number of hydrogen-bond acceptors (Lipinski definition) is 3. The fraction of sp³-hybridized carbons (Fsp3) is 0.242. The van der Waals surface area contributed by atoms with Crippen molar-refractivity contribution in [3.05, 3.63) is 142 Å². The molecular weight excluding hydrogens is 570 g/mol. The van der Waals surface area contributed by atoms with E-state index >= 15 is 0 Å². The van der Waals surface area contributed by atoms with Crippen molar-refractivity contribution in [3.63, 3.8) is 0 Å². The summed E-state index contributed by atoms with van der Waals surface area (Å²) in [5.41, 5.74) is -0.00622. The van der Waals surface area contributed by atoms with E-state index in [0.717, 1.165) is 23.3 Å². The first-order valence-electron chi connectivity index (χ1n) is 13.6. The second kappa shape index (κ2) is 13.9. The van der Waals surface area contributed by atoms with E-state index < -0.39 is 29.4 Å². The summed E-state index contributed by atoms with van der Waals surface area (Å²) in [6, 6.07) is 27.1. The van der Waals surface area contributed by atoms with E-state index in [2.05, 4.69) is 5.32 Å². The molecule has 0 fully saturated rings. The second-order valence-electron chi connectivity index (χ2n) is 10.2. The summed E-state index contributed by atoms with van der Waals surface area (Å²) < 4.78 is 80.9. The highest BCUT2D eigenvalue weighted by atomic mass is 19.4. The van der Waals surface area contributed by atoms with Crippen molar-refractivity contribution in [2.24, 2.45) is 0 Å². The third-order valence-corrected chi connectivity index (χ3v) is 6.93. The highest BCUT2D eigenvalue weighted by Crippen LogP contribution is 2.36. The van der Waals surface area contributed by atoms with Gasteiger partial charge in [-0.2, -0.15) is 26.3 Å². The van der Waals surface area contributed by atoms with Gasteiger partial charge < -0.3 is 10.4 Å². The largest absolute Gasteiger partial charge is 0.478 e. The van der Waals surface area contributed by atoms with Crippen LogP contribution in [0.4, 0.5) is 26.3 Å². The molecule has 0 saturated carbocycles. The average Bonchev–Trinajstić information content (AvgIpc) is 2.97. The molecule has 4 rings (SSSR count). The van der Waals surface area contributed by atoms with E-state index in [1.54, 1.807) is 17.0 Å². The summed E-state index contributed by atoms with van der Waals surface area (Å²) in [7, 11) is 0. The normalized spacial score (nSPS) is 12.2. The first-order chi connectivity index (χ1) is 20.4. The fourth-order valence-corrected chi connectivity index (χ4v) is 4.86. The summed E-state index contributed by atoms with van der Waals surface area (Å²) >= 11 is 0. The Balaban J connectivity index is 1.54. The lowest BCUT2D eigenvalue weighted by Crippen LogP contribution is -2.29. The maximum absolute atomic E-state index is 13.5. The molecule has 4 aromatic rings. The summed E-state index contributed by atoms with van der Waals surface area (Å²) in [5.74, 6) is -1.11. The molecule has 4 aromatic carbocycles. The van der Waals surface area contributed by atoms with Gasteiger partial charge in [0.1, 0.15) is 0 Å². The highest BCUT2D eigenvalue weighted by Gasteiger charge is 2.37. The Morgan fingerprint density at radius 1 is 0.698 bits per heavy atom. The molecule has 0 unspecified atom stereocenters. The fourth-order valence-electron chi connectivity index (χ4n) is 4.86. The van der Waals surface area contributed by atoms with Crippen molar-refractivity contribution >= 4 is 5.97 Å². The van der Waals surface area contributed by atoms with Crippen molar-refractivity contribution < 1.29 is 36.2 Å². The Hall–Kier alpha value is -4.15. The number of nitrogens with zero attached hydrogens (tertiary/aromatic N) is 1. The quantitative estimate of drug-likeness (QED) is 0.127. The predicted molar refractivity (Wildman–Crippen MR) is 151 cm³/mol. The highest BCUT2D eigenvalue weighted by molar-refractivity contribution is 5.87. The summed E-state index contributed by atoms with van der Waals surface area (Å²) in [6.45, 7) is 0.883. The van der Waals surface area contributed by atoms with Gasteiger partial charge in [-0.1, -0.05) is 72.8 Å². The zero-order chi connectivity index (χ0) is 31.0. The predicted octanol–water partition coefficient (Wildman–Crippen LogP) is 8.19. The number of nitrogens with one attached hydrogen (secondary N) is 1. The zero-order valence-electron chi connectivity index (χ0n) is 23.0. The van der Waals surface area contributed by atoms with E-state index in [1.165, 1.54) is 12.1 Å². The lowest BCUT2D eigenvalue weighted by molar-refractivity contribution is -0.143. The van der Waals surface area contributed by atoms with Crippen molar-refractivity contribution in [1.29, 1.82) is 0 Å². The number of carboxylic acids is 1. The molecule has 0 saturated heterocycles. The molecule has 0 spiro atoms. The zero-order valence-corrected chi connectivity index (χ0v) is 23.0. The Morgan fingerprint density at radius 3 is 1.65 bits per heavy atom. The third kappa shape index (κ3) is 9.17. The van der Waals surface area contributed by atoms with Crippen LogP contribution in [0.1, 0.15) is 56.2 Å². The van der Waals surface area contributed by atoms with Crippen LogP contribution in [-0.4, -0.2) is 29.1 Å². The van der Waals surface area contributed by atoms with Crippen molar-refractivity contribution in [2.75, 3.05) is 13.1 Å². The van der Waals surface area contributed by atoms with Gasteiger partial charge in [-0.3, -0.25) is 4.90 Å². The molecule has 2 N–H and O–H groups in total. The van der Waals surface area contributed by atoms with Crippen molar-refractivity contribution in [1.82, 2.24) is 10.2 Å². The molecule has 0 radical (unpaired) electrons. The number of halogens is 6. The van der Waals surface area contributed by atoms with Gasteiger partial charge in [0.25, 0.3) is 0 Å². The average molecular weight is 601 g/mol. The lowest BCUT2D eigenvalue weighted by atomic mass is 9.98. The Labute approximate surface area is 245 Å². The Kier molecular flexibility index (Phi) is 10.3. The monoisotopic (exact) mass is 600 g/mol. The van der Waals surface area contributed by atoms with Crippen LogP contribution >= 0.6 is 0 Å². The SMILES string of the molecule is O=C(O)c1ccc(CN(CCCNC(c2ccccc2)c2ccccc2)Cc2cc(C(F)(F)F)cc(C(F)(F)F)c2)cc1. The minimum atomic E-state index is -4.94. The van der Waals surface area contributed by atoms with E-state index in [-0.39, 0.29) is 36.3 Å². The van der Waals surface area contributed by atoms with Gasteiger partial charge in [0.05, 0.1) is 22.7 Å². The number of alkyl halides is 6. The number of aromatic carboxylic acids is 1. The van der Waals surface area contributed by atoms with Gasteiger partial charge in [-0.25, -0.2) is 4.79 Å². The summed E-state index contributed by atoms with van der Waals surface area (Å²) in [5, 5.41) is 12.7. The molecule has 0 aliphatic rings. The molecule has 226 valence electrons. The first-order valence-corrected chi connectivity index (χ1v) is 13.6. The minimum Gasteiger partial charge on any atom is -0.478 e. The number of hydrogen-bond donors (Lipinski definition) is 2. The van der Waals surface area contributed by atoms with Crippen LogP contribution in [0, 0.1) is 0 Å². The summed E-state index contributed by atoms with van der Waals surface area (Å²) in [6.07, 6.45) is -9.35. The van der Waals surface area contributed by atoms with Crippen LogP contribution in [-0.2, 0) is 25.4 Å². The molecule has 0 aliphatic heterocycles. The van der Waals surface area contributed by atoms with E-state index in [9.17, 15) is 36.2 Å². The summed E-state index contributed by atoms with van der Waals surface area (Å²) in [4.78, 5) is 13.0. The number of benzene rings is 4. The van der Waals surface area contributed by atoms with Crippen LogP contribution in [0.3, 0.4) is 0 Å². The third-order valence-electron chi connectivity index (χ3n) is 6.93. The van der Waals surface area contributed by atoms with Gasteiger partial charge in [0.15, 0.2) is 0 Å². The molecule has 0 aliphatic carbocycles. The lowest BCUT2D eigenvalue weighted by Gasteiger charge is -2.25. The van der Waals surface area contributed by atoms with Crippen molar-refractivity contribution in [2.45, 2.75) is 37.9 Å². The van der Waals surface area contributed by atoms with Gasteiger partial charge in [-0.05, 0) is 65.6 Å². The molecule has 0 aromatic heterocycles. The van der Waals surface area contributed by atoms with Crippen LogP contribution in [0.25, 0.3) is 0 Å². The minimum absolute atomic E-state index is 0.0695. The smallest absolute Gasteiger partial charge is 0.416 e. The first kappa shape index (κ1) is 31.8. The molecule has 0 heterocycles. The number of rotatable bonds is 12. The van der Waals surface area contributed by atoms with Crippen molar-refractivity contribution in [3.8, 4) is 0 Å². The van der Waals surface area contributed by atoms with Crippen LogP contribution < -0.4 is 5.32 Å². The molecule has 0 atom stereocenters. The van der Waals surface area contributed by atoms with Crippen LogP contribution in [0.15, 0.2) is 103 Å². The maximum atomic E-state index is 13.5. The van der Waals surface area contributed by atoms with E-state index in [0.29, 0.717) is 25.1 Å². The van der Waals surface area contributed by atoms with E-state index in [4.69, 9.17) is 0 Å². The molecule has 43 heavy (non-hydrogen) atoms. The maximum Gasteiger partial charge on any atom is 0.416 e. The standard InChI is InChI=1S/C33H30F6N2O2/c34-32(35,36)28-18-24(19-29(20-28)33(37,38)39)22-41(21-23-12-14-27(15-13-23)31(42)43)17-7-16-40-30(25-8-3-1-4-9-25)26-10-5-2-6-11-26/h1-6,8-15,18-20,30,40H,7,16-17,21-22H2,(H,42,43). The van der Waals surface area contributed by atoms with Gasteiger partial charge in [-0.15, -0.1) is 0 Å². The van der Waals surface area contributed by atoms with Crippen LogP contribution in [0.5, 0.6) is 0 Å². The Morgan fingerprint density at radius 2 is 1.19 bits per heavy atom. The second-order valence-corrected chi connectivity index (χ2v) is 10.2. The molecular formula is C33H30F6N2O2. The van der Waals surface area contributed by atoms with Gasteiger partial charge in [0, 0.05) is 19.6 Å². The molecule has 10 heteroatoms. The number of carbonyl (C=O) groups is 1. The Bertz CT molecular complexity index is 1400. The van der Waals surface area contributed by atoms with Crippen LogP contribution in [0.2, 0.25) is 0 Å². The molecule has 0 amide bonds. The molecule has 0 bridgehead atoms. The number of carboxylic acid groups (broad SMARTS) is 1. The molecule has 4 nitrogen and oxygen atoms in total. The van der Waals surface area contributed by atoms with E-state index in [1.807, 2.05) is 60.7 Å². The topological polar surface area (TPSA) is 52.6 Å². The van der Waals surface area contributed by atoms with Gasteiger partial charge >= 0.3 is 18.3 Å². The van der Waals surface area contributed by atoms with Gasteiger partial charge in [0.2, 0.25) is 0 Å².